The Bertz CT molecular complexity index is 689. The van der Waals surface area contributed by atoms with E-state index in [2.05, 4.69) is 21.2 Å². The van der Waals surface area contributed by atoms with E-state index in [1.807, 2.05) is 24.3 Å². The van der Waals surface area contributed by atoms with Crippen LogP contribution in [0, 0.1) is 0 Å². The van der Waals surface area contributed by atoms with Gasteiger partial charge in [0.1, 0.15) is 4.99 Å². The first-order valence-electron chi connectivity index (χ1n) is 6.09. The molecule has 0 unspecified atom stereocenters. The number of thiocarbonyl (C=S) groups is 1. The standard InChI is InChI=1S/C15H12BrClN2OS/c16-11-5-6-13(17)12(7-11)15(20)19-8-9-1-3-10(4-2-9)14(18)21/h1-7H,8H2,(H2,18,21)(H,19,20). The van der Waals surface area contributed by atoms with E-state index >= 15 is 0 Å². The van der Waals surface area contributed by atoms with Crippen LogP contribution in [0.1, 0.15) is 21.5 Å². The number of hydrogen-bond donors (Lipinski definition) is 2. The second-order valence-corrected chi connectivity index (χ2v) is 6.13. The number of carbonyl (C=O) groups is 1. The van der Waals surface area contributed by atoms with Gasteiger partial charge in [-0.25, -0.2) is 0 Å². The first-order valence-corrected chi connectivity index (χ1v) is 7.67. The van der Waals surface area contributed by atoms with Gasteiger partial charge in [-0.1, -0.05) is 64.0 Å². The van der Waals surface area contributed by atoms with Crippen LogP contribution < -0.4 is 11.1 Å². The molecule has 21 heavy (non-hydrogen) atoms. The van der Waals surface area contributed by atoms with Crippen molar-refractivity contribution in [3.8, 4) is 0 Å². The van der Waals surface area contributed by atoms with E-state index in [-0.39, 0.29) is 5.91 Å². The molecule has 2 rings (SSSR count). The molecule has 0 aliphatic carbocycles. The molecule has 0 aromatic heterocycles. The van der Waals surface area contributed by atoms with Crippen molar-refractivity contribution in [3.63, 3.8) is 0 Å². The second kappa shape index (κ2) is 7.02. The molecule has 6 heteroatoms. The summed E-state index contributed by atoms with van der Waals surface area (Å²) in [5.41, 5.74) is 7.73. The summed E-state index contributed by atoms with van der Waals surface area (Å²) in [7, 11) is 0. The van der Waals surface area contributed by atoms with Crippen LogP contribution in [0.4, 0.5) is 0 Å². The smallest absolute Gasteiger partial charge is 0.253 e. The Hall–Kier alpha value is -1.43. The number of hydrogen-bond acceptors (Lipinski definition) is 2. The van der Waals surface area contributed by atoms with Crippen LogP contribution in [0.25, 0.3) is 0 Å². The minimum atomic E-state index is -0.222. The summed E-state index contributed by atoms with van der Waals surface area (Å²) >= 11 is 14.2. The van der Waals surface area contributed by atoms with E-state index < -0.39 is 0 Å². The van der Waals surface area contributed by atoms with Crippen LogP contribution in [-0.2, 0) is 6.54 Å². The molecule has 0 atom stereocenters. The Labute approximate surface area is 141 Å². The largest absolute Gasteiger partial charge is 0.389 e. The fourth-order valence-corrected chi connectivity index (χ4v) is 2.44. The lowest BCUT2D eigenvalue weighted by atomic mass is 10.1. The van der Waals surface area contributed by atoms with Gasteiger partial charge in [0.05, 0.1) is 10.6 Å². The van der Waals surface area contributed by atoms with E-state index in [0.29, 0.717) is 22.1 Å². The summed E-state index contributed by atoms with van der Waals surface area (Å²) < 4.78 is 0.804. The number of carbonyl (C=O) groups excluding carboxylic acids is 1. The summed E-state index contributed by atoms with van der Waals surface area (Å²) in [6.07, 6.45) is 0. The number of rotatable bonds is 4. The van der Waals surface area contributed by atoms with Crippen molar-refractivity contribution in [1.82, 2.24) is 5.32 Å². The first kappa shape index (κ1) is 15.9. The highest BCUT2D eigenvalue weighted by molar-refractivity contribution is 9.10. The van der Waals surface area contributed by atoms with E-state index in [4.69, 9.17) is 29.6 Å². The second-order valence-electron chi connectivity index (χ2n) is 4.37. The highest BCUT2D eigenvalue weighted by atomic mass is 79.9. The fraction of sp³-hybridized carbons (Fsp3) is 0.0667. The Balaban J connectivity index is 2.04. The van der Waals surface area contributed by atoms with Crippen molar-refractivity contribution in [2.24, 2.45) is 5.73 Å². The van der Waals surface area contributed by atoms with Crippen LogP contribution in [-0.4, -0.2) is 10.9 Å². The third-order valence-electron chi connectivity index (χ3n) is 2.86. The minimum absolute atomic E-state index is 0.222. The van der Waals surface area contributed by atoms with Crippen LogP contribution in [0.15, 0.2) is 46.9 Å². The molecule has 1 amide bonds. The lowest BCUT2D eigenvalue weighted by molar-refractivity contribution is 0.0951. The van der Waals surface area contributed by atoms with Gasteiger partial charge in [-0.15, -0.1) is 0 Å². The summed E-state index contributed by atoms with van der Waals surface area (Å²) in [6.45, 7) is 0.402. The SMILES string of the molecule is NC(=S)c1ccc(CNC(=O)c2cc(Br)ccc2Cl)cc1. The van der Waals surface area contributed by atoms with Crippen molar-refractivity contribution in [3.05, 3.63) is 68.7 Å². The van der Waals surface area contributed by atoms with Gasteiger partial charge < -0.3 is 11.1 Å². The first-order chi connectivity index (χ1) is 9.97. The number of benzene rings is 2. The van der Waals surface area contributed by atoms with Crippen LogP contribution in [0.3, 0.4) is 0 Å². The van der Waals surface area contributed by atoms with Gasteiger partial charge >= 0.3 is 0 Å². The molecular weight excluding hydrogens is 372 g/mol. The average Bonchev–Trinajstić information content (AvgIpc) is 2.47. The lowest BCUT2D eigenvalue weighted by Crippen LogP contribution is -2.23. The normalized spacial score (nSPS) is 10.2. The molecule has 2 aromatic rings. The fourth-order valence-electron chi connectivity index (χ4n) is 1.74. The molecule has 0 aliphatic heterocycles. The van der Waals surface area contributed by atoms with E-state index in [1.165, 1.54) is 0 Å². The van der Waals surface area contributed by atoms with Crippen molar-refractivity contribution in [2.45, 2.75) is 6.54 Å². The molecule has 0 heterocycles. The van der Waals surface area contributed by atoms with Gasteiger partial charge in [0.15, 0.2) is 0 Å². The predicted molar refractivity (Wildman–Crippen MR) is 92.7 cm³/mol. The van der Waals surface area contributed by atoms with E-state index in [0.717, 1.165) is 15.6 Å². The summed E-state index contributed by atoms with van der Waals surface area (Å²) in [5.74, 6) is -0.222. The van der Waals surface area contributed by atoms with Gasteiger partial charge in [-0.3, -0.25) is 4.79 Å². The Morgan fingerprint density at radius 2 is 1.90 bits per heavy atom. The van der Waals surface area contributed by atoms with E-state index in [9.17, 15) is 4.79 Å². The Kier molecular flexibility index (Phi) is 5.33. The summed E-state index contributed by atoms with van der Waals surface area (Å²) in [5, 5.41) is 3.24. The lowest BCUT2D eigenvalue weighted by Gasteiger charge is -2.08. The third kappa shape index (κ3) is 4.27. The third-order valence-corrected chi connectivity index (χ3v) is 3.92. The van der Waals surface area contributed by atoms with Crippen molar-refractivity contribution in [1.29, 1.82) is 0 Å². The quantitative estimate of drug-likeness (QED) is 0.792. The van der Waals surface area contributed by atoms with Gasteiger partial charge in [0.25, 0.3) is 5.91 Å². The zero-order valence-electron chi connectivity index (χ0n) is 10.9. The number of nitrogens with one attached hydrogen (secondary N) is 1. The molecule has 108 valence electrons. The maximum Gasteiger partial charge on any atom is 0.253 e. The predicted octanol–water partition coefficient (Wildman–Crippen LogP) is 3.67. The maximum atomic E-state index is 12.1. The average molecular weight is 384 g/mol. The van der Waals surface area contributed by atoms with Crippen molar-refractivity contribution < 1.29 is 4.79 Å². The number of nitrogens with two attached hydrogens (primary N) is 1. The molecule has 3 N–H and O–H groups in total. The maximum absolute atomic E-state index is 12.1. The molecule has 0 saturated heterocycles. The van der Waals surface area contributed by atoms with Gasteiger partial charge in [0.2, 0.25) is 0 Å². The molecule has 0 aliphatic rings. The summed E-state index contributed by atoms with van der Waals surface area (Å²) in [6, 6.07) is 12.6. The number of amides is 1. The Morgan fingerprint density at radius 1 is 1.24 bits per heavy atom. The van der Waals surface area contributed by atoms with Crippen LogP contribution >= 0.6 is 39.7 Å². The highest BCUT2D eigenvalue weighted by Crippen LogP contribution is 2.21. The number of halogens is 2. The molecular formula is C15H12BrClN2OS. The van der Waals surface area contributed by atoms with Gasteiger partial charge in [-0.2, -0.15) is 0 Å². The molecule has 0 spiro atoms. The van der Waals surface area contributed by atoms with Crippen LogP contribution in [0.2, 0.25) is 5.02 Å². The van der Waals surface area contributed by atoms with Crippen LogP contribution in [0.5, 0.6) is 0 Å². The zero-order valence-corrected chi connectivity index (χ0v) is 14.1. The monoisotopic (exact) mass is 382 g/mol. The minimum Gasteiger partial charge on any atom is -0.389 e. The molecule has 3 nitrogen and oxygen atoms in total. The zero-order chi connectivity index (χ0) is 15.4. The molecule has 0 fully saturated rings. The van der Waals surface area contributed by atoms with Crippen molar-refractivity contribution >= 4 is 50.6 Å². The van der Waals surface area contributed by atoms with E-state index in [1.54, 1.807) is 18.2 Å². The summed E-state index contributed by atoms with van der Waals surface area (Å²) in [4.78, 5) is 12.5. The highest BCUT2D eigenvalue weighted by Gasteiger charge is 2.10. The molecule has 2 aromatic carbocycles. The molecule has 0 radical (unpaired) electrons. The molecule has 0 saturated carbocycles. The van der Waals surface area contributed by atoms with Gasteiger partial charge in [-0.05, 0) is 23.8 Å². The Morgan fingerprint density at radius 3 is 2.52 bits per heavy atom. The molecule has 0 bridgehead atoms. The van der Waals surface area contributed by atoms with Crippen molar-refractivity contribution in [2.75, 3.05) is 0 Å². The topological polar surface area (TPSA) is 55.1 Å². The van der Waals surface area contributed by atoms with Gasteiger partial charge in [0, 0.05) is 16.6 Å².